The van der Waals surface area contributed by atoms with E-state index >= 15 is 0 Å². The average molecular weight is 965 g/mol. The Balaban J connectivity index is 1.47. The van der Waals surface area contributed by atoms with E-state index in [1.807, 2.05) is 0 Å². The fourth-order valence-electron chi connectivity index (χ4n) is 7.74. The molecule has 0 aromatic heterocycles. The van der Waals surface area contributed by atoms with Crippen molar-refractivity contribution in [3.8, 4) is 0 Å². The highest BCUT2D eigenvalue weighted by molar-refractivity contribution is 6.89. The fourth-order valence-corrected chi connectivity index (χ4v) is 27.7. The van der Waals surface area contributed by atoms with Crippen molar-refractivity contribution in [1.29, 1.82) is 0 Å². The molecule has 65 heavy (non-hydrogen) atoms. The number of carbonyl (C=O) groups excluding carboxylic acids is 6. The minimum Gasteiger partial charge on any atom is -0.460 e. The molecule has 0 fully saturated rings. The zero-order valence-electron chi connectivity index (χ0n) is 39.8. The van der Waals surface area contributed by atoms with E-state index in [4.69, 9.17) is 26.6 Å². The smallest absolute Gasteiger partial charge is 0.379 e. The maximum Gasteiger partial charge on any atom is 0.379 e. The van der Waals surface area contributed by atoms with Crippen LogP contribution in [0.5, 0.6) is 0 Å². The summed E-state index contributed by atoms with van der Waals surface area (Å²) in [5.41, 5.74) is 0.969. The molecule has 0 spiro atoms. The van der Waals surface area contributed by atoms with Crippen molar-refractivity contribution in [2.75, 3.05) is 19.8 Å². The third-order valence-electron chi connectivity index (χ3n) is 10.7. The SMILES string of the molecule is C[Si](C)(CCCCCCOC(=O)C(=O)c1ccccc1)O[Si](C)(C)O[Si](C)(CCCCCCOC(=O)C(=O)c1ccccc1)O[Si](C)(C)CCCCCCOC(=O)C(=O)c1ccccc1. The van der Waals surface area contributed by atoms with Crippen LogP contribution in [0.3, 0.4) is 0 Å². The molecule has 3 aromatic rings. The van der Waals surface area contributed by atoms with Gasteiger partial charge in [0.1, 0.15) is 0 Å². The summed E-state index contributed by atoms with van der Waals surface area (Å²) >= 11 is 0. The first kappa shape index (κ1) is 55.2. The molecule has 0 aliphatic carbocycles. The van der Waals surface area contributed by atoms with E-state index in [0.717, 1.165) is 75.9 Å². The number of carbonyl (C=O) groups is 6. The zero-order valence-corrected chi connectivity index (χ0v) is 43.8. The van der Waals surface area contributed by atoms with Gasteiger partial charge in [0.2, 0.25) is 0 Å². The van der Waals surface area contributed by atoms with Crippen molar-refractivity contribution in [3.63, 3.8) is 0 Å². The van der Waals surface area contributed by atoms with Crippen molar-refractivity contribution >= 4 is 69.0 Å². The van der Waals surface area contributed by atoms with Crippen LogP contribution < -0.4 is 0 Å². The summed E-state index contributed by atoms with van der Waals surface area (Å²) in [6.07, 6.45) is 10.2. The Morgan fingerprint density at radius 2 is 0.646 bits per heavy atom. The van der Waals surface area contributed by atoms with Gasteiger partial charge in [-0.25, -0.2) is 14.4 Å². The summed E-state index contributed by atoms with van der Waals surface area (Å²) in [4.78, 5) is 73.6. The van der Waals surface area contributed by atoms with Gasteiger partial charge in [-0.2, -0.15) is 0 Å². The monoisotopic (exact) mass is 964 g/mol. The Morgan fingerprint density at radius 1 is 0.354 bits per heavy atom. The predicted molar refractivity (Wildman–Crippen MR) is 262 cm³/mol. The van der Waals surface area contributed by atoms with Crippen molar-refractivity contribution in [3.05, 3.63) is 108 Å². The van der Waals surface area contributed by atoms with E-state index in [1.165, 1.54) is 0 Å². The van der Waals surface area contributed by atoms with E-state index in [2.05, 4.69) is 45.8 Å². The highest BCUT2D eigenvalue weighted by Crippen LogP contribution is 2.32. The van der Waals surface area contributed by atoms with Crippen LogP contribution in [0.2, 0.25) is 64.0 Å². The van der Waals surface area contributed by atoms with Crippen LogP contribution in [0.4, 0.5) is 0 Å². The molecule has 0 saturated heterocycles. The van der Waals surface area contributed by atoms with Gasteiger partial charge >= 0.3 is 35.0 Å². The molecule has 12 nitrogen and oxygen atoms in total. The van der Waals surface area contributed by atoms with Crippen molar-refractivity contribution < 1.29 is 55.3 Å². The number of Topliss-reactive ketones (excluding diaryl/α,β-unsaturated/α-hetero) is 3. The molecule has 356 valence electrons. The summed E-state index contributed by atoms with van der Waals surface area (Å²) in [6, 6.07) is 28.0. The number of ether oxygens (including phenoxy) is 3. The maximum atomic E-state index is 12.4. The second-order valence-electron chi connectivity index (χ2n) is 18.3. The van der Waals surface area contributed by atoms with Crippen molar-refractivity contribution in [1.82, 2.24) is 0 Å². The number of esters is 3. The largest absolute Gasteiger partial charge is 0.460 e. The summed E-state index contributed by atoms with van der Waals surface area (Å²) in [6.45, 7) is 16.0. The van der Waals surface area contributed by atoms with Crippen LogP contribution in [0.15, 0.2) is 91.0 Å². The third-order valence-corrected chi connectivity index (χ3v) is 26.9. The second-order valence-corrected chi connectivity index (χ2v) is 34.4. The summed E-state index contributed by atoms with van der Waals surface area (Å²) in [5, 5.41) is 0. The van der Waals surface area contributed by atoms with E-state index < -0.39 is 69.0 Å². The topological polar surface area (TPSA) is 158 Å². The Bertz CT molecular complexity index is 1940. The molecule has 1 unspecified atom stereocenters. The van der Waals surface area contributed by atoms with Gasteiger partial charge in [-0.3, -0.25) is 14.4 Å². The van der Waals surface area contributed by atoms with Crippen LogP contribution in [-0.4, -0.2) is 88.8 Å². The first-order valence-electron chi connectivity index (χ1n) is 23.2. The van der Waals surface area contributed by atoms with E-state index in [1.54, 1.807) is 91.0 Å². The Labute approximate surface area is 391 Å². The second kappa shape index (κ2) is 28.1. The van der Waals surface area contributed by atoms with E-state index in [-0.39, 0.29) is 19.8 Å². The standard InChI is InChI=1S/C49H72O12Si4/c1-62(2,38-26-11-8-23-35-56-47(53)44(50)41-29-17-14-18-30-41)59-64(5,6)61-65(7,40-28-13-10-25-37-58-49(55)46(52)43-33-21-16-22-34-43)60-63(3,4)39-27-12-9-24-36-57-48(54)45(51)42-31-19-15-20-32-42/h14-22,29-34H,8-13,23-28,35-40H2,1-7H3. The zero-order chi connectivity index (χ0) is 47.8. The number of benzene rings is 3. The fraction of sp³-hybridized carbons (Fsp3) is 0.510. The predicted octanol–water partition coefficient (Wildman–Crippen LogP) is 11.2. The van der Waals surface area contributed by atoms with E-state index in [9.17, 15) is 28.8 Å². The quantitative estimate of drug-likeness (QED) is 0.0142. The normalized spacial score (nSPS) is 12.8. The molecule has 3 rings (SSSR count). The lowest BCUT2D eigenvalue weighted by atomic mass is 10.1. The molecule has 0 bridgehead atoms. The van der Waals surface area contributed by atoms with Gasteiger partial charge in [0.25, 0.3) is 17.3 Å². The molecule has 0 aliphatic heterocycles. The number of hydrogen-bond donors (Lipinski definition) is 0. The van der Waals surface area contributed by atoms with Crippen molar-refractivity contribution in [2.45, 2.75) is 141 Å². The van der Waals surface area contributed by atoms with Gasteiger partial charge in [-0.05, 0) is 83.2 Å². The molecule has 0 heterocycles. The molecule has 3 aromatic carbocycles. The van der Waals surface area contributed by atoms with Crippen LogP contribution in [0.1, 0.15) is 108 Å². The molecule has 16 heteroatoms. The lowest BCUT2D eigenvalue weighted by Crippen LogP contribution is -2.57. The lowest BCUT2D eigenvalue weighted by molar-refractivity contribution is -0.138. The number of unbranched alkanes of at least 4 members (excludes halogenated alkanes) is 9. The maximum absolute atomic E-state index is 12.4. The lowest BCUT2D eigenvalue weighted by Gasteiger charge is -2.43. The highest BCUT2D eigenvalue weighted by Gasteiger charge is 2.45. The Hall–Kier alpha value is -4.17. The van der Waals surface area contributed by atoms with Crippen LogP contribution in [0, 0.1) is 0 Å². The molecule has 0 aliphatic rings. The van der Waals surface area contributed by atoms with Crippen LogP contribution in [-0.2, 0) is 40.9 Å². The molecular formula is C49H72O12Si4. The molecule has 0 N–H and O–H groups in total. The van der Waals surface area contributed by atoms with Gasteiger partial charge in [-0.1, -0.05) is 149 Å². The molecule has 1 atom stereocenters. The first-order valence-corrected chi connectivity index (χ1v) is 34.8. The molecule has 0 amide bonds. The average Bonchev–Trinajstić information content (AvgIpc) is 3.26. The van der Waals surface area contributed by atoms with Gasteiger partial charge in [0.15, 0.2) is 16.6 Å². The minimum absolute atomic E-state index is 0.185. The van der Waals surface area contributed by atoms with Crippen LogP contribution in [0.25, 0.3) is 0 Å². The van der Waals surface area contributed by atoms with Crippen molar-refractivity contribution in [2.24, 2.45) is 0 Å². The van der Waals surface area contributed by atoms with Crippen LogP contribution >= 0.6 is 0 Å². The highest BCUT2D eigenvalue weighted by atomic mass is 28.5. The van der Waals surface area contributed by atoms with Gasteiger partial charge in [0, 0.05) is 16.7 Å². The van der Waals surface area contributed by atoms with Gasteiger partial charge in [-0.15, -0.1) is 0 Å². The summed E-state index contributed by atoms with van der Waals surface area (Å²) < 4.78 is 37.0. The molecule has 0 radical (unpaired) electrons. The van der Waals surface area contributed by atoms with Gasteiger partial charge in [0.05, 0.1) is 19.8 Å². The Kier molecular flexibility index (Phi) is 23.9. The summed E-state index contributed by atoms with van der Waals surface area (Å²) in [5.74, 6) is -4.37. The van der Waals surface area contributed by atoms with E-state index in [0.29, 0.717) is 36.0 Å². The molecular weight excluding hydrogens is 893 g/mol. The molecule has 0 saturated carbocycles. The Morgan fingerprint density at radius 3 is 0.985 bits per heavy atom. The summed E-state index contributed by atoms with van der Waals surface area (Å²) in [7, 11) is -9.72. The minimum atomic E-state index is -2.75. The third kappa shape index (κ3) is 22.2. The first-order chi connectivity index (χ1) is 30.8. The number of hydrogen-bond acceptors (Lipinski definition) is 12. The number of ketones is 3. The number of rotatable bonds is 33. The van der Waals surface area contributed by atoms with Gasteiger partial charge < -0.3 is 26.6 Å².